The summed E-state index contributed by atoms with van der Waals surface area (Å²) in [5, 5.41) is 2.71. The molecule has 0 saturated heterocycles. The van der Waals surface area contributed by atoms with E-state index >= 15 is 0 Å². The lowest BCUT2D eigenvalue weighted by atomic mass is 10.2. The smallest absolute Gasteiger partial charge is 0.270 e. The Balaban J connectivity index is 2.59. The van der Waals surface area contributed by atoms with Crippen molar-refractivity contribution in [2.75, 3.05) is 0 Å². The maximum Gasteiger partial charge on any atom is 0.270 e. The van der Waals surface area contributed by atoms with Crippen molar-refractivity contribution in [2.45, 2.75) is 13.5 Å². The van der Waals surface area contributed by atoms with Gasteiger partial charge >= 0.3 is 0 Å². The van der Waals surface area contributed by atoms with Crippen LogP contribution in [0.3, 0.4) is 0 Å². The van der Waals surface area contributed by atoms with Gasteiger partial charge in [-0.2, -0.15) is 0 Å². The van der Waals surface area contributed by atoms with Gasteiger partial charge < -0.3 is 5.32 Å². The Morgan fingerprint density at radius 2 is 2.45 bits per heavy atom. The normalized spacial score (nSPS) is 14.5. The Kier molecular flexibility index (Phi) is 1.18. The second-order valence-corrected chi connectivity index (χ2v) is 2.70. The molecule has 0 bridgehead atoms. The first kappa shape index (κ1) is 6.34. The van der Waals surface area contributed by atoms with Crippen LogP contribution in [0.15, 0.2) is 12.3 Å². The van der Waals surface area contributed by atoms with Gasteiger partial charge in [-0.15, -0.1) is 0 Å². The predicted molar refractivity (Wildman–Crippen MR) is 40.1 cm³/mol. The molecule has 0 aromatic carbocycles. The number of carbonyl (C=O) groups excluding carboxylic acids is 1. The van der Waals surface area contributed by atoms with E-state index in [1.165, 1.54) is 0 Å². The van der Waals surface area contributed by atoms with Gasteiger partial charge in [0.25, 0.3) is 5.91 Å². The van der Waals surface area contributed by atoms with Gasteiger partial charge in [-0.3, -0.25) is 9.78 Å². The van der Waals surface area contributed by atoms with Gasteiger partial charge in [-0.1, -0.05) is 6.07 Å². The molecule has 2 heterocycles. The molecule has 1 N–H and O–H groups in total. The molecular formula is C8H8N2O. The molecule has 0 unspecified atom stereocenters. The van der Waals surface area contributed by atoms with Crippen molar-refractivity contribution >= 4 is 5.91 Å². The van der Waals surface area contributed by atoms with Gasteiger partial charge in [0, 0.05) is 18.3 Å². The standard InChI is InChI=1S/C8H8N2O/c1-5-2-6-4-10-8(11)7(6)9-3-5/h2-3H,4H2,1H3,(H,10,11). The Hall–Kier alpha value is -1.38. The van der Waals surface area contributed by atoms with Crippen LogP contribution in [0.1, 0.15) is 21.6 Å². The van der Waals surface area contributed by atoms with Crippen LogP contribution in [-0.4, -0.2) is 10.9 Å². The van der Waals surface area contributed by atoms with E-state index in [0.29, 0.717) is 12.2 Å². The zero-order valence-corrected chi connectivity index (χ0v) is 6.22. The van der Waals surface area contributed by atoms with Crippen molar-refractivity contribution in [2.24, 2.45) is 0 Å². The zero-order chi connectivity index (χ0) is 7.84. The molecule has 11 heavy (non-hydrogen) atoms. The fourth-order valence-corrected chi connectivity index (χ4v) is 1.23. The molecule has 3 nitrogen and oxygen atoms in total. The minimum absolute atomic E-state index is 0.0556. The number of amides is 1. The van der Waals surface area contributed by atoms with E-state index in [0.717, 1.165) is 11.1 Å². The summed E-state index contributed by atoms with van der Waals surface area (Å²) in [4.78, 5) is 15.0. The van der Waals surface area contributed by atoms with Crippen molar-refractivity contribution in [1.29, 1.82) is 0 Å². The average molecular weight is 148 g/mol. The molecule has 1 aliphatic heterocycles. The summed E-state index contributed by atoms with van der Waals surface area (Å²) in [5.41, 5.74) is 2.69. The van der Waals surface area contributed by atoms with Gasteiger partial charge in [0.2, 0.25) is 0 Å². The summed E-state index contributed by atoms with van der Waals surface area (Å²) in [6, 6.07) is 1.99. The predicted octanol–water partition coefficient (Wildman–Crippen LogP) is 0.633. The Morgan fingerprint density at radius 1 is 1.64 bits per heavy atom. The van der Waals surface area contributed by atoms with Crippen LogP contribution in [-0.2, 0) is 6.54 Å². The summed E-state index contributed by atoms with van der Waals surface area (Å²) < 4.78 is 0. The molecular weight excluding hydrogens is 140 g/mol. The Morgan fingerprint density at radius 3 is 3.27 bits per heavy atom. The maximum atomic E-state index is 11.0. The number of aryl methyl sites for hydroxylation is 1. The molecule has 2 rings (SSSR count). The van der Waals surface area contributed by atoms with Gasteiger partial charge in [0.15, 0.2) is 0 Å². The zero-order valence-electron chi connectivity index (χ0n) is 6.22. The van der Waals surface area contributed by atoms with E-state index in [4.69, 9.17) is 0 Å². The van der Waals surface area contributed by atoms with E-state index in [2.05, 4.69) is 10.3 Å². The Bertz CT molecular complexity index is 320. The van der Waals surface area contributed by atoms with E-state index in [9.17, 15) is 4.79 Å². The summed E-state index contributed by atoms with van der Waals surface area (Å²) in [6.45, 7) is 2.60. The van der Waals surface area contributed by atoms with Crippen molar-refractivity contribution < 1.29 is 4.79 Å². The molecule has 1 aromatic heterocycles. The molecule has 3 heteroatoms. The second kappa shape index (κ2) is 2.05. The van der Waals surface area contributed by atoms with Gasteiger partial charge in [-0.25, -0.2) is 0 Å². The summed E-state index contributed by atoms with van der Waals surface area (Å²) in [6.07, 6.45) is 1.71. The van der Waals surface area contributed by atoms with Crippen LogP contribution in [0.2, 0.25) is 0 Å². The number of aromatic nitrogens is 1. The van der Waals surface area contributed by atoms with E-state index in [1.807, 2.05) is 13.0 Å². The van der Waals surface area contributed by atoms with Crippen LogP contribution in [0.25, 0.3) is 0 Å². The first-order valence-electron chi connectivity index (χ1n) is 3.51. The molecule has 0 radical (unpaired) electrons. The highest BCUT2D eigenvalue weighted by Crippen LogP contribution is 2.13. The minimum atomic E-state index is -0.0556. The van der Waals surface area contributed by atoms with Gasteiger partial charge in [0.05, 0.1) is 0 Å². The molecule has 0 saturated carbocycles. The van der Waals surface area contributed by atoms with Crippen molar-refractivity contribution in [3.8, 4) is 0 Å². The van der Waals surface area contributed by atoms with Crippen molar-refractivity contribution in [3.63, 3.8) is 0 Å². The molecule has 56 valence electrons. The number of hydrogen-bond donors (Lipinski definition) is 1. The number of rotatable bonds is 0. The highest BCUT2D eigenvalue weighted by Gasteiger charge is 2.19. The fraction of sp³-hybridized carbons (Fsp3) is 0.250. The number of fused-ring (bicyclic) bond motifs is 1. The summed E-state index contributed by atoms with van der Waals surface area (Å²) in [5.74, 6) is -0.0556. The first-order chi connectivity index (χ1) is 5.27. The van der Waals surface area contributed by atoms with Crippen LogP contribution in [0.4, 0.5) is 0 Å². The Labute approximate surface area is 64.5 Å². The quantitative estimate of drug-likeness (QED) is 0.586. The number of hydrogen-bond acceptors (Lipinski definition) is 2. The van der Waals surface area contributed by atoms with Crippen molar-refractivity contribution in [3.05, 3.63) is 29.1 Å². The molecule has 0 spiro atoms. The maximum absolute atomic E-state index is 11.0. The summed E-state index contributed by atoms with van der Waals surface area (Å²) in [7, 11) is 0. The SMILES string of the molecule is Cc1cnc2c(c1)CNC2=O. The monoisotopic (exact) mass is 148 g/mol. The number of nitrogens with zero attached hydrogens (tertiary/aromatic N) is 1. The van der Waals surface area contributed by atoms with Crippen LogP contribution in [0.5, 0.6) is 0 Å². The molecule has 0 fully saturated rings. The molecule has 0 atom stereocenters. The topological polar surface area (TPSA) is 42.0 Å². The van der Waals surface area contributed by atoms with Crippen LogP contribution >= 0.6 is 0 Å². The van der Waals surface area contributed by atoms with Crippen molar-refractivity contribution in [1.82, 2.24) is 10.3 Å². The average Bonchev–Trinajstić information content (AvgIpc) is 2.32. The fourth-order valence-electron chi connectivity index (χ4n) is 1.23. The van der Waals surface area contributed by atoms with Gasteiger partial charge in [0.1, 0.15) is 5.69 Å². The third-order valence-corrected chi connectivity index (χ3v) is 1.76. The molecule has 1 aromatic rings. The van der Waals surface area contributed by atoms with E-state index in [-0.39, 0.29) is 5.91 Å². The third-order valence-electron chi connectivity index (χ3n) is 1.76. The lowest BCUT2D eigenvalue weighted by molar-refractivity contribution is 0.0961. The minimum Gasteiger partial charge on any atom is -0.347 e. The largest absolute Gasteiger partial charge is 0.347 e. The molecule has 0 aliphatic carbocycles. The lowest BCUT2D eigenvalue weighted by Crippen LogP contribution is -2.13. The molecule has 1 amide bonds. The van der Waals surface area contributed by atoms with Crippen LogP contribution < -0.4 is 5.32 Å². The highest BCUT2D eigenvalue weighted by molar-refractivity contribution is 5.96. The highest BCUT2D eigenvalue weighted by atomic mass is 16.2. The van der Waals surface area contributed by atoms with Gasteiger partial charge in [-0.05, 0) is 12.5 Å². The first-order valence-corrected chi connectivity index (χ1v) is 3.51. The number of carbonyl (C=O) groups is 1. The summed E-state index contributed by atoms with van der Waals surface area (Å²) >= 11 is 0. The number of pyridine rings is 1. The lowest BCUT2D eigenvalue weighted by Gasteiger charge is -1.94. The molecule has 1 aliphatic rings. The number of nitrogens with one attached hydrogen (secondary N) is 1. The van der Waals surface area contributed by atoms with Crippen LogP contribution in [0, 0.1) is 6.92 Å². The van der Waals surface area contributed by atoms with E-state index < -0.39 is 0 Å². The second-order valence-electron chi connectivity index (χ2n) is 2.70. The van der Waals surface area contributed by atoms with E-state index in [1.54, 1.807) is 6.20 Å². The third kappa shape index (κ3) is 0.888.